The van der Waals surface area contributed by atoms with Crippen molar-refractivity contribution in [3.05, 3.63) is 58.7 Å². The monoisotopic (exact) mass is 386 g/mol. The van der Waals surface area contributed by atoms with Crippen LogP contribution in [-0.4, -0.2) is 60.0 Å². The lowest BCUT2D eigenvalue weighted by Gasteiger charge is -2.33. The first-order valence-electron chi connectivity index (χ1n) is 8.73. The fourth-order valence-corrected chi connectivity index (χ4v) is 3.40. The summed E-state index contributed by atoms with van der Waals surface area (Å²) in [6.07, 6.45) is 0.179. The topological polar surface area (TPSA) is 66.0 Å². The van der Waals surface area contributed by atoms with Gasteiger partial charge in [-0.3, -0.25) is 9.69 Å². The molecule has 1 aromatic heterocycles. The van der Waals surface area contributed by atoms with E-state index < -0.39 is 12.3 Å². The Bertz CT molecular complexity index is 866. The molecule has 0 saturated carbocycles. The molecule has 1 fully saturated rings. The van der Waals surface area contributed by atoms with Gasteiger partial charge in [0.15, 0.2) is 0 Å². The summed E-state index contributed by atoms with van der Waals surface area (Å²) in [5.74, 6) is 0.133. The summed E-state index contributed by atoms with van der Waals surface area (Å²) < 4.78 is 5.78. The fourth-order valence-electron chi connectivity index (χ4n) is 3.29. The lowest BCUT2D eigenvalue weighted by Crippen LogP contribution is -2.48. The Kier molecular flexibility index (Phi) is 4.72. The first-order valence-corrected chi connectivity index (χ1v) is 9.10. The Hall–Kier alpha value is -2.64. The fraction of sp³-hybridized carbons (Fsp3) is 0.316. The first-order chi connectivity index (χ1) is 13.0. The molecular formula is C19H19ClN4O3. The molecule has 0 spiro atoms. The maximum atomic E-state index is 12.9. The summed E-state index contributed by atoms with van der Waals surface area (Å²) in [7, 11) is 2.02. The van der Waals surface area contributed by atoms with Gasteiger partial charge in [0.25, 0.3) is 5.91 Å². The molecule has 4 rings (SSSR count). The molecule has 2 aromatic rings. The van der Waals surface area contributed by atoms with Crippen LogP contribution in [0.5, 0.6) is 0 Å². The van der Waals surface area contributed by atoms with Gasteiger partial charge in [-0.05, 0) is 25.2 Å². The number of carbonyl (C=O) groups excluding carboxylic acids is 2. The van der Waals surface area contributed by atoms with Crippen LogP contribution in [0.15, 0.2) is 42.6 Å². The standard InChI is InChI=1S/C19H19ClN4O3/c1-22-8-10-23(11-9-22)19(26)27-18-15-5-3-2-4-14(15)17(25)24(18)16-7-6-13(20)12-21-16/h2-7,12,18H,8-11H2,1H3/t18-/m1/s1. The summed E-state index contributed by atoms with van der Waals surface area (Å²) in [6, 6.07) is 10.4. The smallest absolute Gasteiger partial charge is 0.412 e. The van der Waals surface area contributed by atoms with Crippen LogP contribution in [0.3, 0.4) is 0 Å². The van der Waals surface area contributed by atoms with Crippen molar-refractivity contribution < 1.29 is 14.3 Å². The number of ether oxygens (including phenoxy) is 1. The van der Waals surface area contributed by atoms with Crippen molar-refractivity contribution in [1.29, 1.82) is 0 Å². The number of halogens is 1. The molecule has 3 heterocycles. The molecule has 8 heteroatoms. The van der Waals surface area contributed by atoms with E-state index in [0.717, 1.165) is 13.1 Å². The second kappa shape index (κ2) is 7.17. The molecule has 27 heavy (non-hydrogen) atoms. The van der Waals surface area contributed by atoms with Crippen LogP contribution in [-0.2, 0) is 4.74 Å². The highest BCUT2D eigenvalue weighted by Crippen LogP contribution is 2.38. The SMILES string of the molecule is CN1CCN(C(=O)O[C@@H]2c3ccccc3C(=O)N2c2ccc(Cl)cn2)CC1. The van der Waals surface area contributed by atoms with Gasteiger partial charge in [0.2, 0.25) is 6.23 Å². The number of likely N-dealkylation sites (N-methyl/N-ethyl adjacent to an activating group) is 1. The van der Waals surface area contributed by atoms with Crippen molar-refractivity contribution >= 4 is 29.4 Å². The number of carbonyl (C=O) groups is 2. The number of nitrogens with zero attached hydrogens (tertiary/aromatic N) is 4. The normalized spacial score (nSPS) is 19.9. The molecule has 1 saturated heterocycles. The van der Waals surface area contributed by atoms with Gasteiger partial charge in [0.1, 0.15) is 5.82 Å². The number of pyridine rings is 1. The van der Waals surface area contributed by atoms with Gasteiger partial charge in [-0.2, -0.15) is 0 Å². The van der Waals surface area contributed by atoms with Crippen LogP contribution in [0, 0.1) is 0 Å². The van der Waals surface area contributed by atoms with E-state index >= 15 is 0 Å². The first kappa shape index (κ1) is 17.8. The van der Waals surface area contributed by atoms with Crippen LogP contribution in [0.2, 0.25) is 5.02 Å². The number of hydrogen-bond donors (Lipinski definition) is 0. The second-order valence-corrected chi connectivity index (χ2v) is 7.06. The van der Waals surface area contributed by atoms with Crippen molar-refractivity contribution in [2.75, 3.05) is 38.1 Å². The van der Waals surface area contributed by atoms with Gasteiger partial charge in [-0.1, -0.05) is 29.8 Å². The molecule has 140 valence electrons. The van der Waals surface area contributed by atoms with Crippen LogP contribution in [0.4, 0.5) is 10.6 Å². The summed E-state index contributed by atoms with van der Waals surface area (Å²) in [5.41, 5.74) is 1.16. The largest absolute Gasteiger partial charge is 0.420 e. The van der Waals surface area contributed by atoms with Crippen molar-refractivity contribution in [3.8, 4) is 0 Å². The Morgan fingerprint density at radius 2 is 1.89 bits per heavy atom. The Labute approximate surface area is 162 Å². The predicted molar refractivity (Wildman–Crippen MR) is 101 cm³/mol. The highest BCUT2D eigenvalue weighted by atomic mass is 35.5. The van der Waals surface area contributed by atoms with Gasteiger partial charge >= 0.3 is 6.09 Å². The van der Waals surface area contributed by atoms with Crippen LogP contribution >= 0.6 is 11.6 Å². The van der Waals surface area contributed by atoms with E-state index in [2.05, 4.69) is 9.88 Å². The lowest BCUT2D eigenvalue weighted by molar-refractivity contribution is 0.0488. The second-order valence-electron chi connectivity index (χ2n) is 6.62. The van der Waals surface area contributed by atoms with Crippen molar-refractivity contribution in [3.63, 3.8) is 0 Å². The Morgan fingerprint density at radius 1 is 1.15 bits per heavy atom. The highest BCUT2D eigenvalue weighted by molar-refractivity contribution is 6.30. The maximum Gasteiger partial charge on any atom is 0.412 e. The molecule has 1 aromatic carbocycles. The zero-order chi connectivity index (χ0) is 19.0. The minimum atomic E-state index is -0.852. The number of aromatic nitrogens is 1. The van der Waals surface area contributed by atoms with Crippen molar-refractivity contribution in [2.24, 2.45) is 0 Å². The number of piperazine rings is 1. The molecule has 0 bridgehead atoms. The van der Waals surface area contributed by atoms with Gasteiger partial charge in [-0.25, -0.2) is 9.78 Å². The van der Waals surface area contributed by atoms with Gasteiger partial charge in [0.05, 0.1) is 5.02 Å². The zero-order valence-corrected chi connectivity index (χ0v) is 15.6. The quantitative estimate of drug-likeness (QED) is 0.794. The average molecular weight is 387 g/mol. The number of rotatable bonds is 2. The molecule has 0 N–H and O–H groups in total. The highest BCUT2D eigenvalue weighted by Gasteiger charge is 2.41. The summed E-state index contributed by atoms with van der Waals surface area (Å²) in [5, 5.41) is 0.467. The van der Waals surface area contributed by atoms with E-state index in [9.17, 15) is 9.59 Å². The molecular weight excluding hydrogens is 368 g/mol. The maximum absolute atomic E-state index is 12.9. The molecule has 2 amide bonds. The van der Waals surface area contributed by atoms with E-state index in [-0.39, 0.29) is 5.91 Å². The van der Waals surface area contributed by atoms with E-state index in [1.807, 2.05) is 13.1 Å². The predicted octanol–water partition coefficient (Wildman–Crippen LogP) is 2.78. The molecule has 0 aliphatic carbocycles. The van der Waals surface area contributed by atoms with E-state index in [1.54, 1.807) is 35.2 Å². The van der Waals surface area contributed by atoms with E-state index in [1.165, 1.54) is 11.1 Å². The Morgan fingerprint density at radius 3 is 2.59 bits per heavy atom. The molecule has 7 nitrogen and oxygen atoms in total. The third-order valence-electron chi connectivity index (χ3n) is 4.84. The summed E-state index contributed by atoms with van der Waals surface area (Å²) in [4.78, 5) is 35.1. The molecule has 2 aliphatic heterocycles. The minimum absolute atomic E-state index is 0.253. The minimum Gasteiger partial charge on any atom is -0.420 e. The number of amides is 2. The van der Waals surface area contributed by atoms with Gasteiger partial charge in [0, 0.05) is 43.5 Å². The van der Waals surface area contributed by atoms with Gasteiger partial charge < -0.3 is 14.5 Å². The van der Waals surface area contributed by atoms with Gasteiger partial charge in [-0.15, -0.1) is 0 Å². The number of fused-ring (bicyclic) bond motifs is 1. The third kappa shape index (κ3) is 3.36. The molecule has 2 aliphatic rings. The van der Waals surface area contributed by atoms with E-state index in [4.69, 9.17) is 16.3 Å². The van der Waals surface area contributed by atoms with Crippen molar-refractivity contribution in [1.82, 2.24) is 14.8 Å². The van der Waals surface area contributed by atoms with Crippen LogP contribution in [0.25, 0.3) is 0 Å². The number of anilines is 1. The molecule has 0 radical (unpaired) electrons. The van der Waals surface area contributed by atoms with Crippen molar-refractivity contribution in [2.45, 2.75) is 6.23 Å². The van der Waals surface area contributed by atoms with Crippen LogP contribution < -0.4 is 4.90 Å². The molecule has 0 unspecified atom stereocenters. The summed E-state index contributed by atoms with van der Waals surface area (Å²) in [6.45, 7) is 2.77. The lowest BCUT2D eigenvalue weighted by atomic mass is 10.1. The summed E-state index contributed by atoms with van der Waals surface area (Å²) >= 11 is 5.92. The third-order valence-corrected chi connectivity index (χ3v) is 5.07. The number of benzene rings is 1. The molecule has 1 atom stereocenters. The number of hydrogen-bond acceptors (Lipinski definition) is 5. The zero-order valence-electron chi connectivity index (χ0n) is 14.8. The Balaban J connectivity index is 1.63. The van der Waals surface area contributed by atoms with Crippen LogP contribution in [0.1, 0.15) is 22.1 Å². The average Bonchev–Trinajstić information content (AvgIpc) is 2.95. The van der Waals surface area contributed by atoms with E-state index in [0.29, 0.717) is 35.1 Å².